The number of carbonyl (C=O) groups is 1. The van der Waals surface area contributed by atoms with Crippen LogP contribution in [0.3, 0.4) is 0 Å². The Balaban J connectivity index is 2.60. The van der Waals surface area contributed by atoms with Crippen LogP contribution in [-0.4, -0.2) is 16.8 Å². The number of hydrogen-bond acceptors (Lipinski definition) is 3. The summed E-state index contributed by atoms with van der Waals surface area (Å²) in [4.78, 5) is 10.6. The van der Waals surface area contributed by atoms with Gasteiger partial charge >= 0.3 is 5.97 Å². The van der Waals surface area contributed by atoms with Gasteiger partial charge in [-0.1, -0.05) is 6.92 Å². The number of halogens is 1. The summed E-state index contributed by atoms with van der Waals surface area (Å²) in [6, 6.07) is 5.98. The second-order valence-electron chi connectivity index (χ2n) is 3.67. The lowest BCUT2D eigenvalue weighted by Gasteiger charge is -2.07. The van der Waals surface area contributed by atoms with Crippen molar-refractivity contribution < 1.29 is 14.3 Å². The third-order valence-electron chi connectivity index (χ3n) is 2.23. The maximum atomic E-state index is 13.0. The molecule has 1 aromatic carbocycles. The highest BCUT2D eigenvalue weighted by molar-refractivity contribution is 7.98. The number of aliphatic carboxylic acids is 1. The Kier molecular flexibility index (Phi) is 4.98. The van der Waals surface area contributed by atoms with Gasteiger partial charge in [-0.3, -0.25) is 4.79 Å². The minimum atomic E-state index is -0.850. The molecule has 1 rings (SSSR count). The van der Waals surface area contributed by atoms with Crippen molar-refractivity contribution in [1.82, 2.24) is 0 Å². The van der Waals surface area contributed by atoms with Crippen LogP contribution in [0, 0.1) is 23.1 Å². The van der Waals surface area contributed by atoms with Gasteiger partial charge < -0.3 is 5.11 Å². The Labute approximate surface area is 103 Å². The van der Waals surface area contributed by atoms with Gasteiger partial charge in [-0.25, -0.2) is 4.39 Å². The fraction of sp³-hybridized carbons (Fsp3) is 0.333. The van der Waals surface area contributed by atoms with Gasteiger partial charge in [0, 0.05) is 11.5 Å². The average molecular weight is 253 g/mol. The van der Waals surface area contributed by atoms with Crippen molar-refractivity contribution >= 4 is 17.7 Å². The SMILES string of the molecule is CC(CSCc1cc(F)ccc1C#N)C(=O)O. The van der Waals surface area contributed by atoms with Crippen molar-refractivity contribution in [3.63, 3.8) is 0 Å². The minimum Gasteiger partial charge on any atom is -0.481 e. The van der Waals surface area contributed by atoms with E-state index < -0.39 is 11.9 Å². The van der Waals surface area contributed by atoms with Gasteiger partial charge in [0.2, 0.25) is 0 Å². The molecule has 17 heavy (non-hydrogen) atoms. The summed E-state index contributed by atoms with van der Waals surface area (Å²) in [6.07, 6.45) is 0. The molecule has 0 aliphatic rings. The van der Waals surface area contributed by atoms with Crippen molar-refractivity contribution in [2.75, 3.05) is 5.75 Å². The van der Waals surface area contributed by atoms with Crippen LogP contribution in [0.2, 0.25) is 0 Å². The van der Waals surface area contributed by atoms with Gasteiger partial charge in [-0.05, 0) is 23.8 Å². The van der Waals surface area contributed by atoms with Crippen LogP contribution in [0.1, 0.15) is 18.1 Å². The van der Waals surface area contributed by atoms with Crippen molar-refractivity contribution in [1.29, 1.82) is 5.26 Å². The molecule has 0 saturated carbocycles. The molecule has 0 spiro atoms. The van der Waals surface area contributed by atoms with E-state index >= 15 is 0 Å². The smallest absolute Gasteiger partial charge is 0.307 e. The third-order valence-corrected chi connectivity index (χ3v) is 3.49. The van der Waals surface area contributed by atoms with Crippen LogP contribution in [0.15, 0.2) is 18.2 Å². The highest BCUT2D eigenvalue weighted by Crippen LogP contribution is 2.19. The second-order valence-corrected chi connectivity index (χ2v) is 4.70. The lowest BCUT2D eigenvalue weighted by molar-refractivity contribution is -0.140. The normalized spacial score (nSPS) is 11.8. The van der Waals surface area contributed by atoms with Gasteiger partial charge in [0.1, 0.15) is 5.82 Å². The molecular weight excluding hydrogens is 241 g/mol. The Bertz CT molecular complexity index is 456. The number of hydrogen-bond donors (Lipinski definition) is 1. The van der Waals surface area contributed by atoms with E-state index in [1.54, 1.807) is 6.92 Å². The molecule has 3 nitrogen and oxygen atoms in total. The first-order chi connectivity index (χ1) is 8.04. The zero-order valence-electron chi connectivity index (χ0n) is 9.31. The van der Waals surface area contributed by atoms with Gasteiger partial charge in [-0.15, -0.1) is 0 Å². The summed E-state index contributed by atoms with van der Waals surface area (Å²) < 4.78 is 13.0. The van der Waals surface area contributed by atoms with Gasteiger partial charge in [0.25, 0.3) is 0 Å². The lowest BCUT2D eigenvalue weighted by Crippen LogP contribution is -2.11. The molecule has 1 unspecified atom stereocenters. The first kappa shape index (κ1) is 13.5. The van der Waals surface area contributed by atoms with E-state index in [0.717, 1.165) is 0 Å². The number of thioether (sulfide) groups is 1. The van der Waals surface area contributed by atoms with Gasteiger partial charge in [0.15, 0.2) is 0 Å². The highest BCUT2D eigenvalue weighted by atomic mass is 32.2. The molecule has 1 N–H and O–H groups in total. The number of rotatable bonds is 5. The quantitative estimate of drug-likeness (QED) is 0.876. The average Bonchev–Trinajstić information content (AvgIpc) is 2.29. The van der Waals surface area contributed by atoms with Crippen LogP contribution in [0.4, 0.5) is 4.39 Å². The molecule has 90 valence electrons. The fourth-order valence-corrected chi connectivity index (χ4v) is 2.28. The number of carboxylic acid groups (broad SMARTS) is 1. The second kappa shape index (κ2) is 6.26. The van der Waals surface area contributed by atoms with E-state index in [9.17, 15) is 9.18 Å². The van der Waals surface area contributed by atoms with Crippen LogP contribution < -0.4 is 0 Å². The monoisotopic (exact) mass is 253 g/mol. The Morgan fingerprint density at radius 1 is 1.65 bits per heavy atom. The predicted molar refractivity (Wildman–Crippen MR) is 64.1 cm³/mol. The molecule has 1 aromatic rings. The van der Waals surface area contributed by atoms with Crippen LogP contribution >= 0.6 is 11.8 Å². The van der Waals surface area contributed by atoms with Crippen molar-refractivity contribution in [3.05, 3.63) is 35.1 Å². The van der Waals surface area contributed by atoms with E-state index in [0.29, 0.717) is 22.6 Å². The molecule has 0 amide bonds. The fourth-order valence-electron chi connectivity index (χ4n) is 1.21. The molecule has 0 heterocycles. The molecule has 0 radical (unpaired) electrons. The first-order valence-electron chi connectivity index (χ1n) is 5.03. The van der Waals surface area contributed by atoms with Crippen LogP contribution in [-0.2, 0) is 10.5 Å². The molecule has 0 aromatic heterocycles. The molecule has 0 aliphatic heterocycles. The first-order valence-corrected chi connectivity index (χ1v) is 6.19. The molecule has 0 aliphatic carbocycles. The number of nitrogens with zero attached hydrogens (tertiary/aromatic N) is 1. The van der Waals surface area contributed by atoms with Crippen molar-refractivity contribution in [3.8, 4) is 6.07 Å². The predicted octanol–water partition coefficient (Wildman–Crippen LogP) is 2.65. The molecule has 1 atom stereocenters. The minimum absolute atomic E-state index is 0.383. The highest BCUT2D eigenvalue weighted by Gasteiger charge is 2.11. The maximum absolute atomic E-state index is 13.0. The zero-order valence-corrected chi connectivity index (χ0v) is 10.1. The molecule has 0 fully saturated rings. The van der Waals surface area contributed by atoms with E-state index in [-0.39, 0.29) is 5.82 Å². The molecule has 5 heteroatoms. The van der Waals surface area contributed by atoms with Crippen LogP contribution in [0.5, 0.6) is 0 Å². The summed E-state index contributed by atoms with van der Waals surface area (Å²) in [6.45, 7) is 1.62. The zero-order chi connectivity index (χ0) is 12.8. The number of nitriles is 1. The number of benzene rings is 1. The molecular formula is C12H12FNO2S. The maximum Gasteiger partial charge on any atom is 0.307 e. The summed E-state index contributed by atoms with van der Waals surface area (Å²) in [5.74, 6) is -0.795. The number of carboxylic acids is 1. The summed E-state index contributed by atoms with van der Waals surface area (Å²) >= 11 is 1.38. The Hall–Kier alpha value is -1.54. The van der Waals surface area contributed by atoms with E-state index in [1.165, 1.54) is 30.0 Å². The van der Waals surface area contributed by atoms with Crippen molar-refractivity contribution in [2.24, 2.45) is 5.92 Å². The van der Waals surface area contributed by atoms with E-state index in [4.69, 9.17) is 10.4 Å². The Morgan fingerprint density at radius 3 is 2.94 bits per heavy atom. The third kappa shape index (κ3) is 4.08. The molecule has 0 saturated heterocycles. The van der Waals surface area contributed by atoms with Gasteiger partial charge in [0.05, 0.1) is 17.6 Å². The van der Waals surface area contributed by atoms with Gasteiger partial charge in [-0.2, -0.15) is 17.0 Å². The summed E-state index contributed by atoms with van der Waals surface area (Å²) in [5.41, 5.74) is 1.04. The topological polar surface area (TPSA) is 61.1 Å². The van der Waals surface area contributed by atoms with Crippen molar-refractivity contribution in [2.45, 2.75) is 12.7 Å². The molecule has 0 bridgehead atoms. The Morgan fingerprint density at radius 2 is 2.35 bits per heavy atom. The summed E-state index contributed by atoms with van der Waals surface area (Å²) in [5, 5.41) is 17.5. The largest absolute Gasteiger partial charge is 0.481 e. The summed E-state index contributed by atoms with van der Waals surface area (Å²) in [7, 11) is 0. The van der Waals surface area contributed by atoms with Crippen LogP contribution in [0.25, 0.3) is 0 Å². The lowest BCUT2D eigenvalue weighted by atomic mass is 10.1. The van der Waals surface area contributed by atoms with E-state index in [2.05, 4.69) is 0 Å². The standard InChI is InChI=1S/C12H12FNO2S/c1-8(12(15)16)6-17-7-10-4-11(13)3-2-9(10)5-14/h2-4,8H,6-7H2,1H3,(H,15,16). The van der Waals surface area contributed by atoms with E-state index in [1.807, 2.05) is 6.07 Å².